The van der Waals surface area contributed by atoms with Crippen LogP contribution in [0.3, 0.4) is 0 Å². The van der Waals surface area contributed by atoms with E-state index >= 15 is 0 Å². The highest BCUT2D eigenvalue weighted by Gasteiger charge is 2.41. The van der Waals surface area contributed by atoms with Crippen molar-refractivity contribution in [2.75, 3.05) is 5.32 Å². The number of benzene rings is 1. The molecule has 1 saturated carbocycles. The molecule has 1 aromatic carbocycles. The molecule has 0 aliphatic heterocycles. The van der Waals surface area contributed by atoms with E-state index in [1.807, 2.05) is 6.92 Å². The van der Waals surface area contributed by atoms with Crippen LogP contribution >= 0.6 is 0 Å². The highest BCUT2D eigenvalue weighted by molar-refractivity contribution is 5.98. The Morgan fingerprint density at radius 1 is 1.33 bits per heavy atom. The molecular formula is C16H19NO4. The molecule has 112 valence electrons. The minimum absolute atomic E-state index is 0.0682. The normalized spacial score (nSPS) is 21.3. The first-order chi connectivity index (χ1) is 9.88. The van der Waals surface area contributed by atoms with Gasteiger partial charge in [-0.25, -0.2) is 0 Å². The molecule has 21 heavy (non-hydrogen) atoms. The lowest BCUT2D eigenvalue weighted by Crippen LogP contribution is -2.30. The van der Waals surface area contributed by atoms with Crippen LogP contribution in [0, 0.1) is 11.8 Å². The van der Waals surface area contributed by atoms with E-state index < -0.39 is 12.0 Å². The molecule has 0 heterocycles. The number of ether oxygens (including phenoxy) is 1. The van der Waals surface area contributed by atoms with Crippen molar-refractivity contribution < 1.29 is 19.1 Å². The Hall–Kier alpha value is -2.17. The molecule has 1 N–H and O–H groups in total. The number of carbonyl (C=O) groups excluding carboxylic acids is 3. The van der Waals surface area contributed by atoms with Crippen molar-refractivity contribution in [3.05, 3.63) is 29.8 Å². The smallest absolute Gasteiger partial charge is 0.309 e. The Morgan fingerprint density at radius 3 is 2.57 bits per heavy atom. The second kappa shape index (κ2) is 6.08. The predicted octanol–water partition coefficient (Wildman–Crippen LogP) is 2.42. The Balaban J connectivity index is 1.92. The molecule has 0 spiro atoms. The molecule has 2 rings (SSSR count). The average Bonchev–Trinajstić information content (AvgIpc) is 3.16. The predicted molar refractivity (Wildman–Crippen MR) is 77.9 cm³/mol. The average molecular weight is 289 g/mol. The van der Waals surface area contributed by atoms with Gasteiger partial charge in [-0.3, -0.25) is 14.4 Å². The zero-order chi connectivity index (χ0) is 15.6. The van der Waals surface area contributed by atoms with E-state index in [2.05, 4.69) is 5.32 Å². The van der Waals surface area contributed by atoms with Gasteiger partial charge >= 0.3 is 5.97 Å². The Morgan fingerprint density at radius 2 is 2.00 bits per heavy atom. The second-order valence-corrected chi connectivity index (χ2v) is 5.52. The van der Waals surface area contributed by atoms with Gasteiger partial charge in [0.15, 0.2) is 11.9 Å². The lowest BCUT2D eigenvalue weighted by atomic mass is 10.1. The topological polar surface area (TPSA) is 72.5 Å². The fourth-order valence-electron chi connectivity index (χ4n) is 2.03. The van der Waals surface area contributed by atoms with Gasteiger partial charge in [0, 0.05) is 11.3 Å². The monoisotopic (exact) mass is 289 g/mol. The highest BCUT2D eigenvalue weighted by atomic mass is 16.5. The Labute approximate surface area is 123 Å². The van der Waals surface area contributed by atoms with Crippen molar-refractivity contribution in [2.24, 2.45) is 11.8 Å². The molecule has 3 atom stereocenters. The maximum absolute atomic E-state index is 12.0. The van der Waals surface area contributed by atoms with Gasteiger partial charge < -0.3 is 10.1 Å². The van der Waals surface area contributed by atoms with Crippen molar-refractivity contribution in [1.29, 1.82) is 0 Å². The van der Waals surface area contributed by atoms with E-state index in [1.165, 1.54) is 13.8 Å². The molecule has 1 aromatic rings. The SMILES string of the molecule is CC(=O)c1cccc(NC(=O)[C@H](C)OC(=O)[C@H]2C[C@@H]2C)c1. The van der Waals surface area contributed by atoms with Crippen LogP contribution in [-0.4, -0.2) is 23.8 Å². The van der Waals surface area contributed by atoms with Crippen LogP contribution in [-0.2, 0) is 14.3 Å². The largest absolute Gasteiger partial charge is 0.452 e. The van der Waals surface area contributed by atoms with Gasteiger partial charge in [-0.2, -0.15) is 0 Å². The zero-order valence-electron chi connectivity index (χ0n) is 12.4. The van der Waals surface area contributed by atoms with Crippen molar-refractivity contribution >= 4 is 23.3 Å². The van der Waals surface area contributed by atoms with Crippen molar-refractivity contribution in [3.8, 4) is 0 Å². The van der Waals surface area contributed by atoms with Crippen LogP contribution in [0.4, 0.5) is 5.69 Å². The zero-order valence-corrected chi connectivity index (χ0v) is 12.4. The number of carbonyl (C=O) groups is 3. The third-order valence-corrected chi connectivity index (χ3v) is 3.61. The summed E-state index contributed by atoms with van der Waals surface area (Å²) in [6.07, 6.45) is -0.0281. The highest BCUT2D eigenvalue weighted by Crippen LogP contribution is 2.38. The van der Waals surface area contributed by atoms with Crippen LogP contribution < -0.4 is 5.32 Å². The number of anilines is 1. The van der Waals surface area contributed by atoms with Crippen LogP contribution in [0.1, 0.15) is 37.6 Å². The van der Waals surface area contributed by atoms with Crippen LogP contribution in [0.15, 0.2) is 24.3 Å². The van der Waals surface area contributed by atoms with Gasteiger partial charge in [0.25, 0.3) is 5.91 Å². The standard InChI is InChI=1S/C16H19NO4/c1-9-7-14(9)16(20)21-11(3)15(19)17-13-6-4-5-12(8-13)10(2)18/h4-6,8-9,11,14H,7H2,1-3H3,(H,17,19)/t9-,11-,14-/m0/s1. The first kappa shape index (κ1) is 15.2. The third-order valence-electron chi connectivity index (χ3n) is 3.61. The first-order valence-corrected chi connectivity index (χ1v) is 7.01. The number of hydrogen-bond acceptors (Lipinski definition) is 4. The summed E-state index contributed by atoms with van der Waals surface area (Å²) in [7, 11) is 0. The fraction of sp³-hybridized carbons (Fsp3) is 0.438. The molecule has 1 fully saturated rings. The number of amides is 1. The van der Waals surface area contributed by atoms with Crippen molar-refractivity contribution in [3.63, 3.8) is 0 Å². The molecule has 0 saturated heterocycles. The number of rotatable bonds is 5. The number of esters is 1. The minimum Gasteiger partial charge on any atom is -0.452 e. The van der Waals surface area contributed by atoms with E-state index in [4.69, 9.17) is 4.74 Å². The Kier molecular flexibility index (Phi) is 4.40. The summed E-state index contributed by atoms with van der Waals surface area (Å²) in [5, 5.41) is 2.64. The number of Topliss-reactive ketones (excluding diaryl/α,β-unsaturated/α-hetero) is 1. The second-order valence-electron chi connectivity index (χ2n) is 5.52. The van der Waals surface area contributed by atoms with Gasteiger partial charge in [0.1, 0.15) is 0 Å². The van der Waals surface area contributed by atoms with Crippen LogP contribution in [0.2, 0.25) is 0 Å². The van der Waals surface area contributed by atoms with Gasteiger partial charge in [-0.1, -0.05) is 19.1 Å². The third kappa shape index (κ3) is 3.90. The van der Waals surface area contributed by atoms with Crippen molar-refractivity contribution in [2.45, 2.75) is 33.3 Å². The van der Waals surface area contributed by atoms with Gasteiger partial charge in [-0.15, -0.1) is 0 Å². The van der Waals surface area contributed by atoms with E-state index in [0.717, 1.165) is 6.42 Å². The fourth-order valence-corrected chi connectivity index (χ4v) is 2.03. The lowest BCUT2D eigenvalue weighted by molar-refractivity contribution is -0.154. The van der Waals surface area contributed by atoms with Crippen molar-refractivity contribution in [1.82, 2.24) is 0 Å². The molecule has 1 amide bonds. The summed E-state index contributed by atoms with van der Waals surface area (Å²) in [5.74, 6) is -0.519. The van der Waals surface area contributed by atoms with Gasteiger partial charge in [-0.05, 0) is 38.3 Å². The number of hydrogen-bond donors (Lipinski definition) is 1. The summed E-state index contributed by atoms with van der Waals surface area (Å²) < 4.78 is 5.14. The molecule has 1 aliphatic rings. The van der Waals surface area contributed by atoms with E-state index in [0.29, 0.717) is 17.2 Å². The minimum atomic E-state index is -0.855. The molecule has 5 heteroatoms. The lowest BCUT2D eigenvalue weighted by Gasteiger charge is -2.13. The molecule has 1 aliphatic carbocycles. The van der Waals surface area contributed by atoms with Gasteiger partial charge in [0.2, 0.25) is 0 Å². The summed E-state index contributed by atoms with van der Waals surface area (Å²) in [6, 6.07) is 6.64. The summed E-state index contributed by atoms with van der Waals surface area (Å²) in [6.45, 7) is 4.97. The molecule has 0 radical (unpaired) electrons. The summed E-state index contributed by atoms with van der Waals surface area (Å²) in [4.78, 5) is 35.0. The summed E-state index contributed by atoms with van der Waals surface area (Å²) in [5.41, 5.74) is 1.03. The molecular weight excluding hydrogens is 270 g/mol. The quantitative estimate of drug-likeness (QED) is 0.667. The molecule has 0 aromatic heterocycles. The van der Waals surface area contributed by atoms with Crippen LogP contribution in [0.25, 0.3) is 0 Å². The number of ketones is 1. The molecule has 0 bridgehead atoms. The van der Waals surface area contributed by atoms with E-state index in [9.17, 15) is 14.4 Å². The van der Waals surface area contributed by atoms with Gasteiger partial charge in [0.05, 0.1) is 5.92 Å². The maximum Gasteiger partial charge on any atom is 0.309 e. The molecule has 5 nitrogen and oxygen atoms in total. The first-order valence-electron chi connectivity index (χ1n) is 7.01. The maximum atomic E-state index is 12.0. The molecule has 0 unspecified atom stereocenters. The number of nitrogens with one attached hydrogen (secondary N) is 1. The summed E-state index contributed by atoms with van der Waals surface area (Å²) >= 11 is 0. The van der Waals surface area contributed by atoms with E-state index in [1.54, 1.807) is 24.3 Å². The van der Waals surface area contributed by atoms with Crippen LogP contribution in [0.5, 0.6) is 0 Å². The van der Waals surface area contributed by atoms with E-state index in [-0.39, 0.29) is 17.7 Å². The Bertz CT molecular complexity index is 581.